The fourth-order valence-electron chi connectivity index (χ4n) is 13.4. The van der Waals surface area contributed by atoms with Gasteiger partial charge in [-0.2, -0.15) is 0 Å². The lowest BCUT2D eigenvalue weighted by atomic mass is 9.67. The summed E-state index contributed by atoms with van der Waals surface area (Å²) in [6.45, 7) is 0. The highest BCUT2D eigenvalue weighted by molar-refractivity contribution is 6.20. The highest BCUT2D eigenvalue weighted by atomic mass is 16.4. The van der Waals surface area contributed by atoms with E-state index in [0.29, 0.717) is 11.8 Å². The van der Waals surface area contributed by atoms with Gasteiger partial charge in [0.15, 0.2) is 11.2 Å². The van der Waals surface area contributed by atoms with Gasteiger partial charge in [-0.05, 0) is 189 Å². The van der Waals surface area contributed by atoms with E-state index < -0.39 is 5.41 Å². The van der Waals surface area contributed by atoms with Gasteiger partial charge in [0, 0.05) is 21.9 Å². The van der Waals surface area contributed by atoms with Gasteiger partial charge in [0.05, 0.1) is 5.41 Å². The van der Waals surface area contributed by atoms with E-state index in [9.17, 15) is 0 Å². The van der Waals surface area contributed by atoms with Crippen molar-refractivity contribution in [1.82, 2.24) is 9.97 Å². The van der Waals surface area contributed by atoms with Crippen molar-refractivity contribution >= 4 is 65.3 Å². The Morgan fingerprint density at radius 1 is 0.253 bits per heavy atom. The maximum Gasteiger partial charge on any atom is 0.227 e. The van der Waals surface area contributed by atoms with Crippen LogP contribution in [-0.2, 0) is 5.41 Å². The van der Waals surface area contributed by atoms with E-state index in [1.54, 1.807) is 0 Å². The van der Waals surface area contributed by atoms with Crippen LogP contribution in [0.5, 0.6) is 0 Å². The van der Waals surface area contributed by atoms with Crippen molar-refractivity contribution in [1.29, 1.82) is 0 Å². The zero-order valence-electron chi connectivity index (χ0n) is 44.9. The van der Waals surface area contributed by atoms with Crippen LogP contribution in [0.2, 0.25) is 0 Å². The van der Waals surface area contributed by atoms with Crippen molar-refractivity contribution in [2.24, 2.45) is 0 Å². The predicted molar refractivity (Wildman–Crippen MR) is 342 cm³/mol. The lowest BCUT2D eigenvalue weighted by Gasteiger charge is -2.34. The van der Waals surface area contributed by atoms with Crippen LogP contribution in [0.3, 0.4) is 0 Å². The molecule has 0 N–H and O–H groups in total. The first-order valence-electron chi connectivity index (χ1n) is 28.3. The number of hydrogen-bond donors (Lipinski definition) is 0. The molecule has 14 aromatic carbocycles. The van der Waals surface area contributed by atoms with E-state index in [1.807, 2.05) is 60.7 Å². The third-order valence-corrected chi connectivity index (χ3v) is 17.3. The summed E-state index contributed by atoms with van der Waals surface area (Å²) in [4.78, 5) is 9.99. The van der Waals surface area contributed by atoms with Crippen LogP contribution in [0, 0.1) is 0 Å². The number of nitrogens with zero attached hydrogens (tertiary/aromatic N) is 2. The van der Waals surface area contributed by atoms with Crippen molar-refractivity contribution in [2.75, 3.05) is 0 Å². The highest BCUT2D eigenvalue weighted by Crippen LogP contribution is 2.57. The Morgan fingerprint density at radius 3 is 1.16 bits per heavy atom. The van der Waals surface area contributed by atoms with Crippen LogP contribution >= 0.6 is 0 Å². The summed E-state index contributed by atoms with van der Waals surface area (Å²) in [5.41, 5.74) is 21.2. The molecule has 4 nitrogen and oxygen atoms in total. The molecule has 0 atom stereocenters. The van der Waals surface area contributed by atoms with E-state index in [2.05, 4.69) is 231 Å². The first-order chi connectivity index (χ1) is 41.1. The monoisotopic (exact) mass is 1060 g/mol. The maximum absolute atomic E-state index is 6.71. The summed E-state index contributed by atoms with van der Waals surface area (Å²) in [5.74, 6) is 1.22. The average molecular weight is 1060 g/mol. The molecule has 83 heavy (non-hydrogen) atoms. The summed E-state index contributed by atoms with van der Waals surface area (Å²) in [5, 5.41) is 8.79. The lowest BCUT2D eigenvalue weighted by Crippen LogP contribution is -2.28. The molecule has 0 unspecified atom stereocenters. The molecule has 0 spiro atoms. The molecule has 1 aliphatic rings. The quantitative estimate of drug-likeness (QED) is 0.142. The number of oxazole rings is 2. The van der Waals surface area contributed by atoms with Gasteiger partial charge in [0.2, 0.25) is 11.8 Å². The summed E-state index contributed by atoms with van der Waals surface area (Å²) < 4.78 is 13.4. The molecule has 0 fully saturated rings. The summed E-state index contributed by atoms with van der Waals surface area (Å²) in [7, 11) is 0. The number of fused-ring (bicyclic) bond motifs is 13. The molecule has 386 valence electrons. The maximum atomic E-state index is 6.71. The Kier molecular flexibility index (Phi) is 10.5. The largest absolute Gasteiger partial charge is 0.435 e. The van der Waals surface area contributed by atoms with Gasteiger partial charge >= 0.3 is 0 Å². The second-order valence-corrected chi connectivity index (χ2v) is 22.0. The zero-order valence-corrected chi connectivity index (χ0v) is 44.9. The number of benzene rings is 14. The van der Waals surface area contributed by atoms with Crippen LogP contribution in [0.4, 0.5) is 0 Å². The Balaban J connectivity index is 0.858. The first-order valence-corrected chi connectivity index (χ1v) is 28.3. The van der Waals surface area contributed by atoms with Crippen LogP contribution in [0.25, 0.3) is 144 Å². The molecule has 2 aromatic heterocycles. The van der Waals surface area contributed by atoms with Crippen molar-refractivity contribution < 1.29 is 8.83 Å². The normalized spacial score (nSPS) is 12.7. The first kappa shape index (κ1) is 46.9. The van der Waals surface area contributed by atoms with Crippen LogP contribution in [0.15, 0.2) is 300 Å². The second kappa shape index (κ2) is 18.6. The van der Waals surface area contributed by atoms with E-state index in [0.717, 1.165) is 121 Å². The van der Waals surface area contributed by atoms with Crippen molar-refractivity contribution in [3.8, 4) is 78.5 Å². The predicted octanol–water partition coefficient (Wildman–Crippen LogP) is 20.9. The van der Waals surface area contributed by atoms with Crippen LogP contribution in [0.1, 0.15) is 22.3 Å². The second-order valence-electron chi connectivity index (χ2n) is 22.0. The SMILES string of the molecule is c1ccc(-c2nc3ccc4ccc5ccc(-c6cc(-c7cccc(-c8ccc9c(c8)C(c8ccccc8)(c8ccccc8)c8ccccc8-9)c7)cc(-c7ccc8ccc9ccc%10nc(-c%11ccccc%11)oc%10c9c8c7)c6)cc5c4c3o2)cc1. The Labute approximate surface area is 478 Å². The van der Waals surface area contributed by atoms with Crippen LogP contribution < -0.4 is 0 Å². The van der Waals surface area contributed by atoms with Gasteiger partial charge in [0.1, 0.15) is 11.0 Å². The molecule has 16 aromatic rings. The van der Waals surface area contributed by atoms with Gasteiger partial charge in [-0.15, -0.1) is 0 Å². The van der Waals surface area contributed by atoms with E-state index in [1.165, 1.54) is 33.4 Å². The Bertz CT molecular complexity index is 5000. The molecule has 0 bridgehead atoms. The molecule has 4 heteroatoms. The van der Waals surface area contributed by atoms with Gasteiger partial charge in [-0.25, -0.2) is 9.97 Å². The molecule has 0 saturated carbocycles. The summed E-state index contributed by atoms with van der Waals surface area (Å²) >= 11 is 0. The van der Waals surface area contributed by atoms with Gasteiger partial charge in [-0.1, -0.05) is 212 Å². The minimum Gasteiger partial charge on any atom is -0.435 e. The minimum atomic E-state index is -0.505. The minimum absolute atomic E-state index is 0.505. The van der Waals surface area contributed by atoms with Crippen molar-refractivity contribution in [3.05, 3.63) is 313 Å². The summed E-state index contributed by atoms with van der Waals surface area (Å²) in [6.07, 6.45) is 0. The van der Waals surface area contributed by atoms with Gasteiger partial charge in [-0.3, -0.25) is 0 Å². The Morgan fingerprint density at radius 2 is 0.627 bits per heavy atom. The zero-order chi connectivity index (χ0) is 54.6. The number of hydrogen-bond acceptors (Lipinski definition) is 4. The topological polar surface area (TPSA) is 52.1 Å². The van der Waals surface area contributed by atoms with E-state index in [4.69, 9.17) is 18.8 Å². The molecule has 17 rings (SSSR count). The average Bonchev–Trinajstić information content (AvgIpc) is 4.39. The van der Waals surface area contributed by atoms with Crippen molar-refractivity contribution in [3.63, 3.8) is 0 Å². The van der Waals surface area contributed by atoms with E-state index >= 15 is 0 Å². The van der Waals surface area contributed by atoms with Gasteiger partial charge < -0.3 is 8.83 Å². The highest BCUT2D eigenvalue weighted by Gasteiger charge is 2.46. The molecule has 2 heterocycles. The molecular weight excluding hydrogens is 1010 g/mol. The third-order valence-electron chi connectivity index (χ3n) is 17.3. The standard InChI is InChI=1S/C79H48N2O2/c1-5-16-53(17-6-1)77-80-71-40-37-51-32-28-49-30-34-57(46-67(49)73(51)75(71)82-77)61-43-60(44-62(45-61)58-35-31-50-29-33-52-38-41-72-76(74(52)68(50)47-58)83-78(81-72)54-18-7-2-8-19-54)56-21-15-20-55(42-56)59-36-39-66-65-26-13-14-27-69(65)79(70(66)48-59,63-22-9-3-10-23-63)64-24-11-4-12-25-64/h1-48H. The van der Waals surface area contributed by atoms with Crippen LogP contribution in [-0.4, -0.2) is 9.97 Å². The molecular formula is C79H48N2O2. The number of rotatable bonds is 8. The summed E-state index contributed by atoms with van der Waals surface area (Å²) in [6, 6.07) is 106. The fourth-order valence-corrected chi connectivity index (χ4v) is 13.4. The molecule has 0 aliphatic heterocycles. The molecule has 0 radical (unpaired) electrons. The van der Waals surface area contributed by atoms with Crippen molar-refractivity contribution in [2.45, 2.75) is 5.41 Å². The smallest absolute Gasteiger partial charge is 0.227 e. The molecule has 0 saturated heterocycles. The lowest BCUT2D eigenvalue weighted by molar-refractivity contribution is 0.623. The molecule has 0 amide bonds. The fraction of sp³-hybridized carbons (Fsp3) is 0.0127. The Hall–Kier alpha value is -10.9. The number of aromatic nitrogens is 2. The third kappa shape index (κ3) is 7.47. The van der Waals surface area contributed by atoms with E-state index in [-0.39, 0.29) is 0 Å². The van der Waals surface area contributed by atoms with Gasteiger partial charge in [0.25, 0.3) is 0 Å². The molecule has 1 aliphatic carbocycles.